The number of halogens is 2. The average molecular weight is 360 g/mol. The molecule has 0 aliphatic heterocycles. The number of alkyl halides is 1. The van der Waals surface area contributed by atoms with Gasteiger partial charge in [-0.05, 0) is 25.5 Å². The number of benzene rings is 1. The van der Waals surface area contributed by atoms with Crippen molar-refractivity contribution in [3.63, 3.8) is 0 Å². The van der Waals surface area contributed by atoms with Gasteiger partial charge in [0, 0.05) is 16.8 Å². The number of rotatable bonds is 7. The molecule has 0 saturated carbocycles. The van der Waals surface area contributed by atoms with E-state index in [1.165, 1.54) is 25.5 Å². The molecule has 6 nitrogen and oxygen atoms in total. The van der Waals surface area contributed by atoms with Crippen molar-refractivity contribution >= 4 is 46.8 Å². The van der Waals surface area contributed by atoms with E-state index in [0.717, 1.165) is 0 Å². The van der Waals surface area contributed by atoms with Gasteiger partial charge >= 0.3 is 0 Å². The first-order chi connectivity index (χ1) is 10.8. The molecule has 126 valence electrons. The van der Waals surface area contributed by atoms with E-state index in [0.29, 0.717) is 12.0 Å². The topological polar surface area (TPSA) is 93.8 Å². The van der Waals surface area contributed by atoms with Gasteiger partial charge in [0.05, 0.1) is 22.7 Å². The summed E-state index contributed by atoms with van der Waals surface area (Å²) >= 11 is 11.7. The second-order valence-corrected chi connectivity index (χ2v) is 5.75. The minimum Gasteiger partial charge on any atom is -0.399 e. The predicted molar refractivity (Wildman–Crippen MR) is 92.4 cm³/mol. The number of nitrogens with zero attached hydrogens (tertiary/aromatic N) is 1. The van der Waals surface area contributed by atoms with Crippen molar-refractivity contribution in [3.05, 3.63) is 28.3 Å². The van der Waals surface area contributed by atoms with Gasteiger partial charge in [0.15, 0.2) is 5.78 Å². The van der Waals surface area contributed by atoms with Gasteiger partial charge in [-0.15, -0.1) is 11.6 Å². The first-order valence-corrected chi connectivity index (χ1v) is 7.77. The molecule has 0 radical (unpaired) electrons. The first kappa shape index (κ1) is 19.3. The van der Waals surface area contributed by atoms with Crippen molar-refractivity contribution in [2.24, 2.45) is 5.16 Å². The van der Waals surface area contributed by atoms with E-state index in [9.17, 15) is 9.59 Å². The standard InChI is InChI=1S/C15H19Cl2N3O3/c1-4-15(2,13(21)7-16)20-14(22)9-5-11(17)10(8-19-23-3)12(18)6-9/h5-6,8H,4,7,18H2,1-3H3,(H,20,22). The van der Waals surface area contributed by atoms with Gasteiger partial charge in [0.2, 0.25) is 0 Å². The maximum Gasteiger partial charge on any atom is 0.252 e. The SMILES string of the molecule is CCC(C)(NC(=O)c1cc(N)c(C=NOC)c(Cl)c1)C(=O)CCl. The zero-order valence-electron chi connectivity index (χ0n) is 13.2. The number of amides is 1. The quantitative estimate of drug-likeness (QED) is 0.338. The molecule has 0 bridgehead atoms. The van der Waals surface area contributed by atoms with E-state index in [1.807, 2.05) is 0 Å². The summed E-state index contributed by atoms with van der Waals surface area (Å²) in [6.07, 6.45) is 1.76. The molecule has 0 aliphatic carbocycles. The number of ketones is 1. The van der Waals surface area contributed by atoms with E-state index in [-0.39, 0.29) is 27.9 Å². The summed E-state index contributed by atoms with van der Waals surface area (Å²) in [4.78, 5) is 28.9. The summed E-state index contributed by atoms with van der Waals surface area (Å²) in [5.41, 5.74) is 5.79. The molecule has 0 aliphatic rings. The lowest BCUT2D eigenvalue weighted by atomic mass is 9.93. The molecule has 3 N–H and O–H groups in total. The van der Waals surface area contributed by atoms with Gasteiger partial charge in [-0.3, -0.25) is 9.59 Å². The third kappa shape index (κ3) is 4.59. The lowest BCUT2D eigenvalue weighted by molar-refractivity contribution is -0.122. The van der Waals surface area contributed by atoms with Gasteiger partial charge in [0.1, 0.15) is 7.11 Å². The number of carbonyl (C=O) groups is 2. The van der Waals surface area contributed by atoms with Gasteiger partial charge in [0.25, 0.3) is 5.91 Å². The summed E-state index contributed by atoms with van der Waals surface area (Å²) in [5.74, 6) is -0.908. The number of oxime groups is 1. The Morgan fingerprint density at radius 2 is 2.13 bits per heavy atom. The summed E-state index contributed by atoms with van der Waals surface area (Å²) in [5, 5.41) is 6.53. The third-order valence-electron chi connectivity index (χ3n) is 3.54. The Balaban J connectivity index is 3.10. The first-order valence-electron chi connectivity index (χ1n) is 6.86. The van der Waals surface area contributed by atoms with E-state index in [2.05, 4.69) is 15.3 Å². The Morgan fingerprint density at radius 1 is 1.48 bits per heavy atom. The molecule has 1 aromatic rings. The number of nitrogens with one attached hydrogen (secondary N) is 1. The molecule has 23 heavy (non-hydrogen) atoms. The van der Waals surface area contributed by atoms with Gasteiger partial charge in [-0.1, -0.05) is 23.7 Å². The molecule has 0 spiro atoms. The number of Topliss-reactive ketones (excluding diaryl/α,β-unsaturated/α-hetero) is 1. The van der Waals surface area contributed by atoms with Crippen LogP contribution in [0.15, 0.2) is 17.3 Å². The van der Waals surface area contributed by atoms with Crippen LogP contribution in [0.2, 0.25) is 5.02 Å². The highest BCUT2D eigenvalue weighted by molar-refractivity contribution is 6.34. The normalized spacial score (nSPS) is 13.6. The number of nitrogen functional groups attached to an aromatic ring is 1. The lowest BCUT2D eigenvalue weighted by Gasteiger charge is -2.27. The van der Waals surface area contributed by atoms with Gasteiger partial charge in [-0.2, -0.15) is 0 Å². The van der Waals surface area contributed by atoms with E-state index in [4.69, 9.17) is 28.9 Å². The second-order valence-electron chi connectivity index (χ2n) is 5.07. The van der Waals surface area contributed by atoms with Gasteiger partial charge in [-0.25, -0.2) is 0 Å². The maximum atomic E-state index is 12.4. The smallest absolute Gasteiger partial charge is 0.252 e. The van der Waals surface area contributed by atoms with Gasteiger partial charge < -0.3 is 15.9 Å². The minimum absolute atomic E-state index is 0.181. The fourth-order valence-corrected chi connectivity index (χ4v) is 2.41. The zero-order valence-corrected chi connectivity index (χ0v) is 14.7. The summed E-state index contributed by atoms with van der Waals surface area (Å²) in [7, 11) is 1.39. The zero-order chi connectivity index (χ0) is 17.6. The molecule has 8 heteroatoms. The third-order valence-corrected chi connectivity index (χ3v) is 4.10. The molecule has 1 aromatic carbocycles. The van der Waals surface area contributed by atoms with Crippen LogP contribution >= 0.6 is 23.2 Å². The Kier molecular flexibility index (Phi) is 6.84. The van der Waals surface area contributed by atoms with Crippen LogP contribution in [-0.2, 0) is 9.63 Å². The van der Waals surface area contributed by atoms with Crippen LogP contribution in [0, 0.1) is 0 Å². The number of nitrogens with two attached hydrogens (primary N) is 1. The molecule has 0 fully saturated rings. The van der Waals surface area contributed by atoms with Crippen molar-refractivity contribution in [2.75, 3.05) is 18.7 Å². The predicted octanol–water partition coefficient (Wildman–Crippen LogP) is 2.61. The number of hydrogen-bond donors (Lipinski definition) is 2. The highest BCUT2D eigenvalue weighted by atomic mass is 35.5. The Morgan fingerprint density at radius 3 is 2.61 bits per heavy atom. The van der Waals surface area contributed by atoms with Crippen LogP contribution in [0.1, 0.15) is 36.2 Å². The molecular weight excluding hydrogens is 341 g/mol. The molecule has 0 saturated heterocycles. The largest absolute Gasteiger partial charge is 0.399 e. The van der Waals surface area contributed by atoms with Crippen LogP contribution in [-0.4, -0.2) is 36.4 Å². The van der Waals surface area contributed by atoms with Crippen molar-refractivity contribution < 1.29 is 14.4 Å². The van der Waals surface area contributed by atoms with Crippen molar-refractivity contribution in [1.29, 1.82) is 0 Å². The molecule has 1 amide bonds. The summed E-state index contributed by atoms with van der Waals surface area (Å²) < 4.78 is 0. The number of carbonyl (C=O) groups excluding carboxylic acids is 2. The molecule has 0 aromatic heterocycles. The molecule has 0 heterocycles. The van der Waals surface area contributed by atoms with Crippen molar-refractivity contribution in [1.82, 2.24) is 5.32 Å². The monoisotopic (exact) mass is 359 g/mol. The lowest BCUT2D eigenvalue weighted by Crippen LogP contribution is -2.52. The fraction of sp³-hybridized carbons (Fsp3) is 0.400. The summed E-state index contributed by atoms with van der Waals surface area (Å²) in [6, 6.07) is 2.91. The van der Waals surface area contributed by atoms with Crippen LogP contribution in [0.3, 0.4) is 0 Å². The highest BCUT2D eigenvalue weighted by Gasteiger charge is 2.32. The second kappa shape index (κ2) is 8.17. The van der Waals surface area contributed by atoms with Crippen LogP contribution < -0.4 is 11.1 Å². The van der Waals surface area contributed by atoms with E-state index >= 15 is 0 Å². The van der Waals surface area contributed by atoms with Crippen molar-refractivity contribution in [2.45, 2.75) is 25.8 Å². The van der Waals surface area contributed by atoms with Crippen molar-refractivity contribution in [3.8, 4) is 0 Å². The number of anilines is 1. The van der Waals surface area contributed by atoms with E-state index < -0.39 is 11.4 Å². The Labute approximate surface area is 144 Å². The summed E-state index contributed by atoms with van der Waals surface area (Å²) in [6.45, 7) is 3.41. The maximum absolute atomic E-state index is 12.4. The van der Waals surface area contributed by atoms with Crippen LogP contribution in [0.25, 0.3) is 0 Å². The molecule has 1 atom stereocenters. The van der Waals surface area contributed by atoms with Crippen LogP contribution in [0.5, 0.6) is 0 Å². The molecule has 1 rings (SSSR count). The Hall–Kier alpha value is -1.79. The fourth-order valence-electron chi connectivity index (χ4n) is 1.84. The molecule has 1 unspecified atom stereocenters. The number of hydrogen-bond acceptors (Lipinski definition) is 5. The average Bonchev–Trinajstić information content (AvgIpc) is 2.52. The minimum atomic E-state index is -1.05. The van der Waals surface area contributed by atoms with E-state index in [1.54, 1.807) is 13.8 Å². The molecular formula is C15H19Cl2N3O3. The highest BCUT2D eigenvalue weighted by Crippen LogP contribution is 2.24. The Bertz CT molecular complexity index is 611. The van der Waals surface area contributed by atoms with Crippen LogP contribution in [0.4, 0.5) is 5.69 Å².